The van der Waals surface area contributed by atoms with Crippen LogP contribution in [0.1, 0.15) is 27.2 Å². The van der Waals surface area contributed by atoms with Crippen LogP contribution < -0.4 is 10.6 Å². The highest BCUT2D eigenvalue weighted by atomic mass is 32.2. The summed E-state index contributed by atoms with van der Waals surface area (Å²) >= 11 is 1.50. The summed E-state index contributed by atoms with van der Waals surface area (Å²) in [6.07, 6.45) is -0.915. The molecule has 3 N–H and O–H groups in total. The molecule has 0 bridgehead atoms. The minimum atomic E-state index is -1.16. The zero-order valence-electron chi connectivity index (χ0n) is 13.5. The highest BCUT2D eigenvalue weighted by Crippen LogP contribution is 2.33. The van der Waals surface area contributed by atoms with E-state index < -0.39 is 17.7 Å². The molecule has 0 aromatic heterocycles. The lowest BCUT2D eigenvalue weighted by molar-refractivity contribution is -0.165. The van der Waals surface area contributed by atoms with Crippen LogP contribution >= 0.6 is 11.8 Å². The number of hydrogen-bond acceptors (Lipinski definition) is 6. The quantitative estimate of drug-likeness (QED) is 0.714. The van der Waals surface area contributed by atoms with Crippen LogP contribution in [0.4, 0.5) is 11.4 Å². The first-order valence-corrected chi connectivity index (χ1v) is 8.45. The third-order valence-corrected chi connectivity index (χ3v) is 4.11. The van der Waals surface area contributed by atoms with Crippen molar-refractivity contribution in [1.82, 2.24) is 0 Å². The zero-order chi connectivity index (χ0) is 17.0. The Kier molecular flexibility index (Phi) is 5.54. The van der Waals surface area contributed by atoms with Gasteiger partial charge in [-0.3, -0.25) is 4.79 Å². The van der Waals surface area contributed by atoms with Gasteiger partial charge >= 0.3 is 5.97 Å². The Morgan fingerprint density at radius 3 is 2.91 bits per heavy atom. The number of aliphatic hydroxyl groups is 1. The van der Waals surface area contributed by atoms with Crippen LogP contribution in [-0.2, 0) is 14.3 Å². The number of aliphatic hydroxyl groups excluding tert-OH is 1. The third-order valence-electron chi connectivity index (χ3n) is 3.04. The Labute approximate surface area is 140 Å². The van der Waals surface area contributed by atoms with Gasteiger partial charge in [0.2, 0.25) is 5.91 Å². The number of carbonyl (C=O) groups is 2. The van der Waals surface area contributed by atoms with Crippen LogP contribution in [0.2, 0.25) is 0 Å². The molecule has 0 saturated heterocycles. The topological polar surface area (TPSA) is 87.7 Å². The molecular weight excluding hydrogens is 316 g/mol. The monoisotopic (exact) mass is 338 g/mol. The maximum atomic E-state index is 11.7. The summed E-state index contributed by atoms with van der Waals surface area (Å²) in [6.45, 7) is 5.69. The molecule has 7 heteroatoms. The van der Waals surface area contributed by atoms with Crippen LogP contribution in [0, 0.1) is 0 Å². The highest BCUT2D eigenvalue weighted by molar-refractivity contribution is 8.00. The summed E-state index contributed by atoms with van der Waals surface area (Å²) in [5, 5.41) is 15.8. The lowest BCUT2D eigenvalue weighted by Gasteiger charge is -2.22. The van der Waals surface area contributed by atoms with E-state index in [4.69, 9.17) is 4.74 Å². The predicted molar refractivity (Wildman–Crippen MR) is 90.8 cm³/mol. The zero-order valence-corrected chi connectivity index (χ0v) is 14.3. The van der Waals surface area contributed by atoms with Crippen molar-refractivity contribution < 1.29 is 19.4 Å². The van der Waals surface area contributed by atoms with E-state index in [1.54, 1.807) is 20.8 Å². The molecular formula is C16H22N2O4S. The van der Waals surface area contributed by atoms with Crippen LogP contribution in [0.25, 0.3) is 0 Å². The van der Waals surface area contributed by atoms with Gasteiger partial charge < -0.3 is 20.5 Å². The van der Waals surface area contributed by atoms with Gasteiger partial charge in [-0.2, -0.15) is 0 Å². The normalized spacial score (nSPS) is 15.4. The molecule has 1 aromatic carbocycles. The van der Waals surface area contributed by atoms with Crippen LogP contribution in [0.3, 0.4) is 0 Å². The Bertz CT molecular complexity index is 598. The number of nitrogens with one attached hydrogen (secondary N) is 2. The molecule has 2 rings (SSSR count). The maximum absolute atomic E-state index is 11.7. The van der Waals surface area contributed by atoms with Gasteiger partial charge in [0, 0.05) is 23.5 Å². The van der Waals surface area contributed by atoms with E-state index in [0.717, 1.165) is 16.3 Å². The van der Waals surface area contributed by atoms with Crippen molar-refractivity contribution in [1.29, 1.82) is 0 Å². The summed E-state index contributed by atoms with van der Waals surface area (Å²) in [7, 11) is 0. The molecule has 1 atom stereocenters. The van der Waals surface area contributed by atoms with Crippen LogP contribution in [0.5, 0.6) is 0 Å². The van der Waals surface area contributed by atoms with Crippen molar-refractivity contribution in [3.63, 3.8) is 0 Å². The first-order valence-electron chi connectivity index (χ1n) is 7.46. The molecule has 1 unspecified atom stereocenters. The van der Waals surface area contributed by atoms with Gasteiger partial charge in [0.25, 0.3) is 0 Å². The lowest BCUT2D eigenvalue weighted by atomic mass is 10.2. The summed E-state index contributed by atoms with van der Waals surface area (Å²) in [6, 6.07) is 5.69. The number of esters is 1. The molecule has 0 fully saturated rings. The van der Waals surface area contributed by atoms with Crippen molar-refractivity contribution in [3.8, 4) is 0 Å². The number of thioether (sulfide) groups is 1. The molecule has 1 heterocycles. The van der Waals surface area contributed by atoms with Crippen LogP contribution in [-0.4, -0.2) is 41.0 Å². The van der Waals surface area contributed by atoms with E-state index in [1.165, 1.54) is 11.8 Å². The second kappa shape index (κ2) is 7.23. The van der Waals surface area contributed by atoms with Gasteiger partial charge in [-0.25, -0.2) is 4.79 Å². The summed E-state index contributed by atoms with van der Waals surface area (Å²) in [5.41, 5.74) is 0.992. The second-order valence-corrected chi connectivity index (χ2v) is 7.33. The molecule has 1 amide bonds. The van der Waals surface area contributed by atoms with Crippen molar-refractivity contribution in [2.24, 2.45) is 0 Å². The number of amides is 1. The van der Waals surface area contributed by atoms with Gasteiger partial charge in [0.05, 0.1) is 11.4 Å². The molecule has 126 valence electrons. The van der Waals surface area contributed by atoms with E-state index in [0.29, 0.717) is 12.3 Å². The number of anilines is 2. The molecule has 0 spiro atoms. The minimum absolute atomic E-state index is 0.0139. The number of hydrogen-bond donors (Lipinski definition) is 3. The Morgan fingerprint density at radius 1 is 1.48 bits per heavy atom. The molecule has 0 saturated carbocycles. The number of fused-ring (bicyclic) bond motifs is 1. The van der Waals surface area contributed by atoms with E-state index in [9.17, 15) is 14.7 Å². The second-order valence-electron chi connectivity index (χ2n) is 6.31. The predicted octanol–water partition coefficient (Wildman–Crippen LogP) is 2.24. The van der Waals surface area contributed by atoms with Crippen molar-refractivity contribution in [3.05, 3.63) is 18.2 Å². The Hall–Kier alpha value is -1.73. The molecule has 0 radical (unpaired) electrons. The van der Waals surface area contributed by atoms with E-state index in [1.807, 2.05) is 18.2 Å². The number of carbonyl (C=O) groups excluding carboxylic acids is 2. The molecule has 1 aliphatic heterocycles. The van der Waals surface area contributed by atoms with Gasteiger partial charge in [0.15, 0.2) is 6.10 Å². The average molecular weight is 338 g/mol. The van der Waals surface area contributed by atoms with Crippen molar-refractivity contribution in [2.75, 3.05) is 22.9 Å². The fraction of sp³-hybridized carbons (Fsp3) is 0.500. The number of benzene rings is 1. The fourth-order valence-electron chi connectivity index (χ4n) is 2.03. The molecule has 1 aromatic rings. The highest BCUT2D eigenvalue weighted by Gasteiger charge is 2.23. The third kappa shape index (κ3) is 5.44. The number of ether oxygens (including phenoxy) is 1. The van der Waals surface area contributed by atoms with Crippen molar-refractivity contribution in [2.45, 2.75) is 43.8 Å². The van der Waals surface area contributed by atoms with E-state index in [-0.39, 0.29) is 12.3 Å². The van der Waals surface area contributed by atoms with Gasteiger partial charge in [-0.1, -0.05) is 0 Å². The fourth-order valence-corrected chi connectivity index (χ4v) is 2.82. The molecule has 1 aliphatic rings. The largest absolute Gasteiger partial charge is 0.458 e. The molecule has 23 heavy (non-hydrogen) atoms. The van der Waals surface area contributed by atoms with E-state index >= 15 is 0 Å². The summed E-state index contributed by atoms with van der Waals surface area (Å²) < 4.78 is 5.12. The first kappa shape index (κ1) is 17.6. The SMILES string of the molecule is CC(C)(C)OC(=O)C(O)CCNc1ccc2c(c1)NC(=O)CS2. The standard InChI is InChI=1S/C16H22N2O4S/c1-16(2,3)22-15(21)12(19)6-7-17-10-4-5-13-11(8-10)18-14(20)9-23-13/h4-5,8,12,17,19H,6-7,9H2,1-3H3,(H,18,20). The van der Waals surface area contributed by atoms with Crippen molar-refractivity contribution >= 4 is 35.0 Å². The molecule has 0 aliphatic carbocycles. The average Bonchev–Trinajstić information content (AvgIpc) is 2.44. The van der Waals surface area contributed by atoms with Gasteiger partial charge in [-0.05, 0) is 39.0 Å². The maximum Gasteiger partial charge on any atom is 0.335 e. The lowest BCUT2D eigenvalue weighted by Crippen LogP contribution is -2.32. The molecule has 6 nitrogen and oxygen atoms in total. The minimum Gasteiger partial charge on any atom is -0.458 e. The smallest absolute Gasteiger partial charge is 0.335 e. The number of rotatable bonds is 5. The van der Waals surface area contributed by atoms with Gasteiger partial charge in [0.1, 0.15) is 5.60 Å². The van der Waals surface area contributed by atoms with Crippen LogP contribution in [0.15, 0.2) is 23.1 Å². The Morgan fingerprint density at radius 2 is 2.22 bits per heavy atom. The summed E-state index contributed by atoms with van der Waals surface area (Å²) in [5.74, 6) is -0.199. The van der Waals surface area contributed by atoms with E-state index in [2.05, 4.69) is 10.6 Å². The first-order chi connectivity index (χ1) is 10.7. The Balaban J connectivity index is 1.83. The summed E-state index contributed by atoms with van der Waals surface area (Å²) in [4.78, 5) is 24.1. The van der Waals surface area contributed by atoms with Gasteiger partial charge in [-0.15, -0.1) is 11.8 Å².